The third kappa shape index (κ3) is 4.86. The molecule has 0 bridgehead atoms. The Kier molecular flexibility index (Phi) is 6.23. The predicted molar refractivity (Wildman–Crippen MR) is 107 cm³/mol. The number of amides is 2. The number of hydrazine groups is 1. The lowest BCUT2D eigenvalue weighted by molar-refractivity contribution is -0.120. The molecule has 28 heavy (non-hydrogen) atoms. The van der Waals surface area contributed by atoms with Gasteiger partial charge in [-0.1, -0.05) is 24.3 Å². The van der Waals surface area contributed by atoms with Gasteiger partial charge >= 0.3 is 0 Å². The highest BCUT2D eigenvalue weighted by Crippen LogP contribution is 2.28. The molecule has 0 saturated carbocycles. The number of hydrogen-bond donors (Lipinski definition) is 3. The van der Waals surface area contributed by atoms with Crippen LogP contribution in [0.1, 0.15) is 9.67 Å². The van der Waals surface area contributed by atoms with Crippen molar-refractivity contribution in [1.82, 2.24) is 10.9 Å². The summed E-state index contributed by atoms with van der Waals surface area (Å²) in [6, 6.07) is 16.7. The Morgan fingerprint density at radius 2 is 1.75 bits per heavy atom. The summed E-state index contributed by atoms with van der Waals surface area (Å²) in [5.41, 5.74) is 6.23. The van der Waals surface area contributed by atoms with E-state index < -0.39 is 11.8 Å². The summed E-state index contributed by atoms with van der Waals surface area (Å²) in [4.78, 5) is 25.4. The van der Waals surface area contributed by atoms with Crippen molar-refractivity contribution in [3.05, 3.63) is 71.4 Å². The zero-order chi connectivity index (χ0) is 19.9. The minimum Gasteiger partial charge on any atom is -0.495 e. The van der Waals surface area contributed by atoms with Crippen LogP contribution in [0.3, 0.4) is 0 Å². The molecule has 2 aromatic carbocycles. The average Bonchev–Trinajstić information content (AvgIpc) is 3.21. The first-order valence-electron chi connectivity index (χ1n) is 8.38. The molecule has 6 nitrogen and oxygen atoms in total. The average molecular weight is 399 g/mol. The van der Waals surface area contributed by atoms with Crippen molar-refractivity contribution in [2.75, 3.05) is 19.0 Å². The SMILES string of the molecule is COc1ccccc1NCC(=O)NNC(=O)c1ccc(-c2ccc(F)cc2)s1. The minimum atomic E-state index is -0.427. The molecule has 1 aromatic heterocycles. The number of ether oxygens (including phenoxy) is 1. The number of halogens is 1. The van der Waals surface area contributed by atoms with Crippen molar-refractivity contribution in [2.24, 2.45) is 0 Å². The Balaban J connectivity index is 1.51. The number of carbonyl (C=O) groups is 2. The van der Waals surface area contributed by atoms with Gasteiger partial charge in [0.15, 0.2) is 0 Å². The topological polar surface area (TPSA) is 79.5 Å². The number of nitrogens with one attached hydrogen (secondary N) is 3. The van der Waals surface area contributed by atoms with E-state index >= 15 is 0 Å². The standard InChI is InChI=1S/C20H18FN3O3S/c1-27-16-5-3-2-4-15(16)22-12-19(25)23-24-20(26)18-11-10-17(28-18)13-6-8-14(21)9-7-13/h2-11,22H,12H2,1H3,(H,23,25)(H,24,26). The van der Waals surface area contributed by atoms with Gasteiger partial charge in [-0.3, -0.25) is 20.4 Å². The number of methoxy groups -OCH3 is 1. The van der Waals surface area contributed by atoms with E-state index in [1.165, 1.54) is 23.5 Å². The maximum absolute atomic E-state index is 13.0. The van der Waals surface area contributed by atoms with E-state index in [0.29, 0.717) is 16.3 Å². The zero-order valence-corrected chi connectivity index (χ0v) is 15.8. The van der Waals surface area contributed by atoms with E-state index in [4.69, 9.17) is 4.74 Å². The molecule has 3 rings (SSSR count). The number of anilines is 1. The van der Waals surface area contributed by atoms with Gasteiger partial charge in [-0.25, -0.2) is 4.39 Å². The molecule has 1 heterocycles. The number of benzene rings is 2. The highest BCUT2D eigenvalue weighted by atomic mass is 32.1. The summed E-state index contributed by atoms with van der Waals surface area (Å²) in [7, 11) is 1.54. The fourth-order valence-corrected chi connectivity index (χ4v) is 3.33. The fourth-order valence-electron chi connectivity index (χ4n) is 2.43. The molecule has 0 saturated heterocycles. The van der Waals surface area contributed by atoms with Crippen LogP contribution in [0.4, 0.5) is 10.1 Å². The van der Waals surface area contributed by atoms with Gasteiger partial charge in [-0.2, -0.15) is 0 Å². The molecule has 0 atom stereocenters. The molecule has 2 amide bonds. The summed E-state index contributed by atoms with van der Waals surface area (Å²) < 4.78 is 18.2. The van der Waals surface area contributed by atoms with E-state index in [1.807, 2.05) is 12.1 Å². The van der Waals surface area contributed by atoms with Gasteiger partial charge in [0.25, 0.3) is 11.8 Å². The van der Waals surface area contributed by atoms with Gasteiger partial charge < -0.3 is 10.1 Å². The van der Waals surface area contributed by atoms with Crippen LogP contribution < -0.4 is 20.9 Å². The molecular formula is C20H18FN3O3S. The van der Waals surface area contributed by atoms with Gasteiger partial charge in [0.1, 0.15) is 11.6 Å². The van der Waals surface area contributed by atoms with Gasteiger partial charge in [0, 0.05) is 4.88 Å². The number of carbonyl (C=O) groups excluding carboxylic acids is 2. The van der Waals surface area contributed by atoms with Crippen LogP contribution in [-0.4, -0.2) is 25.5 Å². The lowest BCUT2D eigenvalue weighted by Gasteiger charge is -2.11. The molecule has 3 N–H and O–H groups in total. The second-order valence-corrected chi connectivity index (χ2v) is 6.81. The van der Waals surface area contributed by atoms with Crippen LogP contribution in [0.15, 0.2) is 60.7 Å². The number of rotatable bonds is 6. The maximum Gasteiger partial charge on any atom is 0.279 e. The van der Waals surface area contributed by atoms with Crippen molar-refractivity contribution < 1.29 is 18.7 Å². The molecule has 3 aromatic rings. The highest BCUT2D eigenvalue weighted by molar-refractivity contribution is 7.17. The van der Waals surface area contributed by atoms with Crippen LogP contribution in [-0.2, 0) is 4.79 Å². The predicted octanol–water partition coefficient (Wildman–Crippen LogP) is 3.44. The molecular weight excluding hydrogens is 381 g/mol. The van der Waals surface area contributed by atoms with Crippen LogP contribution >= 0.6 is 11.3 Å². The minimum absolute atomic E-state index is 0.0358. The molecule has 144 valence electrons. The lowest BCUT2D eigenvalue weighted by atomic mass is 10.2. The Hall–Kier alpha value is -3.39. The van der Waals surface area contributed by atoms with E-state index in [0.717, 1.165) is 10.4 Å². The van der Waals surface area contributed by atoms with Gasteiger partial charge in [0.2, 0.25) is 0 Å². The second kappa shape index (κ2) is 9.01. The monoisotopic (exact) mass is 399 g/mol. The number of hydrogen-bond acceptors (Lipinski definition) is 5. The van der Waals surface area contributed by atoms with Crippen LogP contribution in [0.5, 0.6) is 5.75 Å². The lowest BCUT2D eigenvalue weighted by Crippen LogP contribution is -2.43. The summed E-state index contributed by atoms with van der Waals surface area (Å²) in [5, 5.41) is 2.94. The van der Waals surface area contributed by atoms with Crippen LogP contribution in [0.2, 0.25) is 0 Å². The van der Waals surface area contributed by atoms with Crippen molar-refractivity contribution in [2.45, 2.75) is 0 Å². The summed E-state index contributed by atoms with van der Waals surface area (Å²) in [5.74, 6) is -0.535. The molecule has 0 unspecified atom stereocenters. The van der Waals surface area contributed by atoms with E-state index in [1.54, 1.807) is 43.5 Å². The summed E-state index contributed by atoms with van der Waals surface area (Å²) in [6.45, 7) is -0.0358. The number of para-hydroxylation sites is 2. The third-order valence-electron chi connectivity index (χ3n) is 3.82. The molecule has 8 heteroatoms. The molecule has 0 aliphatic rings. The summed E-state index contributed by atoms with van der Waals surface area (Å²) >= 11 is 1.25. The Morgan fingerprint density at radius 1 is 1.00 bits per heavy atom. The van der Waals surface area contributed by atoms with E-state index in [9.17, 15) is 14.0 Å². The first-order chi connectivity index (χ1) is 13.6. The normalized spacial score (nSPS) is 10.2. The zero-order valence-electron chi connectivity index (χ0n) is 15.0. The largest absolute Gasteiger partial charge is 0.495 e. The van der Waals surface area contributed by atoms with Crippen molar-refractivity contribution >= 4 is 28.8 Å². The maximum atomic E-state index is 13.0. The van der Waals surface area contributed by atoms with Crippen molar-refractivity contribution in [3.63, 3.8) is 0 Å². The first kappa shape index (κ1) is 19.4. The van der Waals surface area contributed by atoms with Gasteiger partial charge in [-0.05, 0) is 42.0 Å². The molecule has 0 aliphatic carbocycles. The third-order valence-corrected chi connectivity index (χ3v) is 4.95. The Bertz CT molecular complexity index is 973. The van der Waals surface area contributed by atoms with Crippen molar-refractivity contribution in [1.29, 1.82) is 0 Å². The molecule has 0 fully saturated rings. The van der Waals surface area contributed by atoms with E-state index in [2.05, 4.69) is 16.2 Å². The molecule has 0 aliphatic heterocycles. The summed E-state index contributed by atoms with van der Waals surface area (Å²) in [6.07, 6.45) is 0. The number of thiophene rings is 1. The van der Waals surface area contributed by atoms with Crippen LogP contribution in [0, 0.1) is 5.82 Å². The van der Waals surface area contributed by atoms with Crippen LogP contribution in [0.25, 0.3) is 10.4 Å². The Labute approximate surface area is 165 Å². The smallest absolute Gasteiger partial charge is 0.279 e. The molecule has 0 radical (unpaired) electrons. The highest BCUT2D eigenvalue weighted by Gasteiger charge is 2.12. The molecule has 0 spiro atoms. The first-order valence-corrected chi connectivity index (χ1v) is 9.20. The Morgan fingerprint density at radius 3 is 2.50 bits per heavy atom. The fraction of sp³-hybridized carbons (Fsp3) is 0.100. The van der Waals surface area contributed by atoms with Crippen molar-refractivity contribution in [3.8, 4) is 16.2 Å². The van der Waals surface area contributed by atoms with Gasteiger partial charge in [0.05, 0.1) is 24.2 Å². The van der Waals surface area contributed by atoms with Gasteiger partial charge in [-0.15, -0.1) is 11.3 Å². The van der Waals surface area contributed by atoms with E-state index in [-0.39, 0.29) is 12.4 Å². The quantitative estimate of drug-likeness (QED) is 0.555. The second-order valence-electron chi connectivity index (χ2n) is 5.73.